The van der Waals surface area contributed by atoms with E-state index >= 15 is 0 Å². The molecule has 0 spiro atoms. The molecular formula is C17H25NO6. The number of ether oxygens (including phenoxy) is 1. The Morgan fingerprint density at radius 1 is 1.42 bits per heavy atom. The molecule has 0 heterocycles. The number of rotatable bonds is 7. The molecule has 3 unspecified atom stereocenters. The van der Waals surface area contributed by atoms with Crippen LogP contribution in [0.3, 0.4) is 0 Å². The van der Waals surface area contributed by atoms with E-state index in [1.165, 1.54) is 6.92 Å². The molecule has 1 fully saturated rings. The van der Waals surface area contributed by atoms with Gasteiger partial charge in [-0.2, -0.15) is 0 Å². The van der Waals surface area contributed by atoms with Crippen LogP contribution in [0.1, 0.15) is 52.9 Å². The Kier molecular flexibility index (Phi) is 6.69. The van der Waals surface area contributed by atoms with Crippen molar-refractivity contribution in [2.75, 3.05) is 0 Å². The van der Waals surface area contributed by atoms with Gasteiger partial charge in [-0.25, -0.2) is 0 Å². The number of allylic oxidation sites excluding steroid dienone is 1. The monoisotopic (exact) mass is 339 g/mol. The second-order valence-corrected chi connectivity index (χ2v) is 6.79. The van der Waals surface area contributed by atoms with Gasteiger partial charge in [0, 0.05) is 32.1 Å². The lowest BCUT2D eigenvalue weighted by Gasteiger charge is -2.36. The summed E-state index contributed by atoms with van der Waals surface area (Å²) in [5, 5.41) is 8.91. The summed E-state index contributed by atoms with van der Waals surface area (Å²) in [5.74, 6) is -2.79. The summed E-state index contributed by atoms with van der Waals surface area (Å²) in [5.41, 5.74) is 4.91. The number of carboxylic acid groups (broad SMARTS) is 1. The predicted octanol–water partition coefficient (Wildman–Crippen LogP) is 1.59. The minimum atomic E-state index is -1.02. The molecule has 0 aromatic heterocycles. The Morgan fingerprint density at radius 2 is 2.04 bits per heavy atom. The standard InChI is InChI=1S/C17H25NO6/c1-10-8-17(3,24-11(2)19)9-13(16(10)23)5-4-12(6-14(18)20)7-15(21)22/h5,10,12H,4,6-9H2,1-3H3,(H2,18,20)(H,21,22). The van der Waals surface area contributed by atoms with E-state index in [1.807, 2.05) is 0 Å². The van der Waals surface area contributed by atoms with Gasteiger partial charge in [-0.3, -0.25) is 19.2 Å². The van der Waals surface area contributed by atoms with Crippen LogP contribution < -0.4 is 5.73 Å². The molecule has 0 aromatic carbocycles. The van der Waals surface area contributed by atoms with Gasteiger partial charge in [-0.15, -0.1) is 0 Å². The smallest absolute Gasteiger partial charge is 0.303 e. The molecule has 0 aromatic rings. The Balaban J connectivity index is 2.91. The van der Waals surface area contributed by atoms with Crippen molar-refractivity contribution in [2.24, 2.45) is 17.6 Å². The molecule has 1 aliphatic carbocycles. The van der Waals surface area contributed by atoms with Gasteiger partial charge in [-0.1, -0.05) is 13.0 Å². The number of Topliss-reactive ketones (excluding diaryl/α,β-unsaturated/α-hetero) is 1. The number of hydrogen-bond donors (Lipinski definition) is 2. The van der Waals surface area contributed by atoms with Crippen molar-refractivity contribution in [3.05, 3.63) is 11.6 Å². The minimum absolute atomic E-state index is 0.0345. The van der Waals surface area contributed by atoms with Gasteiger partial charge in [-0.05, 0) is 31.3 Å². The molecule has 0 radical (unpaired) electrons. The summed E-state index contributed by atoms with van der Waals surface area (Å²) in [6.07, 6.45) is 2.41. The summed E-state index contributed by atoms with van der Waals surface area (Å²) >= 11 is 0. The predicted molar refractivity (Wildman–Crippen MR) is 85.8 cm³/mol. The third-order valence-electron chi connectivity index (χ3n) is 4.11. The summed E-state index contributed by atoms with van der Waals surface area (Å²) in [4.78, 5) is 45.6. The van der Waals surface area contributed by atoms with Crippen molar-refractivity contribution >= 4 is 23.6 Å². The number of primary amides is 1. The number of carboxylic acids is 1. The fourth-order valence-electron chi connectivity index (χ4n) is 3.30. The average Bonchev–Trinajstić information content (AvgIpc) is 2.38. The highest BCUT2D eigenvalue weighted by Crippen LogP contribution is 2.36. The second kappa shape index (κ2) is 8.08. The van der Waals surface area contributed by atoms with Gasteiger partial charge < -0.3 is 15.6 Å². The molecule has 1 amide bonds. The summed E-state index contributed by atoms with van der Waals surface area (Å²) in [6, 6.07) is 0. The maximum atomic E-state index is 12.3. The Labute approximate surface area is 141 Å². The van der Waals surface area contributed by atoms with Crippen LogP contribution in [0.25, 0.3) is 0 Å². The van der Waals surface area contributed by atoms with Crippen molar-refractivity contribution in [3.8, 4) is 0 Å². The fraction of sp³-hybridized carbons (Fsp3) is 0.647. The van der Waals surface area contributed by atoms with Crippen LogP contribution in [-0.2, 0) is 23.9 Å². The molecule has 7 heteroatoms. The van der Waals surface area contributed by atoms with Crippen molar-refractivity contribution < 1.29 is 29.0 Å². The number of amides is 1. The number of nitrogens with two attached hydrogens (primary N) is 1. The molecular weight excluding hydrogens is 314 g/mol. The quantitative estimate of drug-likeness (QED) is 0.536. The first-order chi connectivity index (χ1) is 11.0. The lowest BCUT2D eigenvalue weighted by molar-refractivity contribution is -0.159. The third kappa shape index (κ3) is 6.14. The second-order valence-electron chi connectivity index (χ2n) is 6.79. The van der Waals surface area contributed by atoms with Gasteiger partial charge in [0.15, 0.2) is 5.78 Å². The number of aliphatic carboxylic acids is 1. The summed E-state index contributed by atoms with van der Waals surface area (Å²) < 4.78 is 5.36. The first-order valence-corrected chi connectivity index (χ1v) is 7.95. The van der Waals surface area contributed by atoms with E-state index in [0.29, 0.717) is 12.0 Å². The SMILES string of the molecule is CC(=O)OC1(C)CC(=CCC(CC(N)=O)CC(=O)O)C(=O)C(C)C1. The van der Waals surface area contributed by atoms with Crippen LogP contribution in [0.15, 0.2) is 11.6 Å². The molecule has 134 valence electrons. The highest BCUT2D eigenvalue weighted by atomic mass is 16.6. The number of esters is 1. The number of hydrogen-bond acceptors (Lipinski definition) is 5. The number of ketones is 1. The van der Waals surface area contributed by atoms with E-state index in [-0.39, 0.29) is 37.4 Å². The van der Waals surface area contributed by atoms with Gasteiger partial charge in [0.2, 0.25) is 5.91 Å². The highest BCUT2D eigenvalue weighted by Gasteiger charge is 2.40. The van der Waals surface area contributed by atoms with E-state index in [2.05, 4.69) is 0 Å². The summed E-state index contributed by atoms with van der Waals surface area (Å²) in [7, 11) is 0. The highest BCUT2D eigenvalue weighted by molar-refractivity contribution is 5.98. The first-order valence-electron chi connectivity index (χ1n) is 7.95. The molecule has 7 nitrogen and oxygen atoms in total. The zero-order valence-electron chi connectivity index (χ0n) is 14.3. The van der Waals surface area contributed by atoms with Crippen LogP contribution in [0, 0.1) is 11.8 Å². The lowest BCUT2D eigenvalue weighted by atomic mass is 9.75. The molecule has 24 heavy (non-hydrogen) atoms. The topological polar surface area (TPSA) is 124 Å². The van der Waals surface area contributed by atoms with Crippen molar-refractivity contribution in [1.82, 2.24) is 0 Å². The zero-order chi connectivity index (χ0) is 18.5. The molecule has 1 saturated carbocycles. The average molecular weight is 339 g/mol. The summed E-state index contributed by atoms with van der Waals surface area (Å²) in [6.45, 7) is 4.88. The molecule has 1 aliphatic rings. The van der Waals surface area contributed by atoms with Gasteiger partial charge >= 0.3 is 11.9 Å². The Morgan fingerprint density at radius 3 is 2.54 bits per heavy atom. The van der Waals surface area contributed by atoms with Crippen LogP contribution in [0.2, 0.25) is 0 Å². The number of carbonyl (C=O) groups is 4. The van der Waals surface area contributed by atoms with E-state index < -0.39 is 29.4 Å². The fourth-order valence-corrected chi connectivity index (χ4v) is 3.30. The minimum Gasteiger partial charge on any atom is -0.481 e. The van der Waals surface area contributed by atoms with Crippen molar-refractivity contribution in [3.63, 3.8) is 0 Å². The maximum Gasteiger partial charge on any atom is 0.303 e. The molecule has 1 rings (SSSR count). The van der Waals surface area contributed by atoms with Crippen LogP contribution in [-0.4, -0.2) is 34.3 Å². The lowest BCUT2D eigenvalue weighted by Crippen LogP contribution is -2.41. The van der Waals surface area contributed by atoms with Crippen LogP contribution >= 0.6 is 0 Å². The van der Waals surface area contributed by atoms with E-state index in [4.69, 9.17) is 15.6 Å². The molecule has 0 saturated heterocycles. The maximum absolute atomic E-state index is 12.3. The van der Waals surface area contributed by atoms with E-state index in [1.54, 1.807) is 19.9 Å². The van der Waals surface area contributed by atoms with Crippen molar-refractivity contribution in [2.45, 2.75) is 58.5 Å². The largest absolute Gasteiger partial charge is 0.481 e. The van der Waals surface area contributed by atoms with Gasteiger partial charge in [0.25, 0.3) is 0 Å². The Hall–Kier alpha value is -2.18. The number of carbonyl (C=O) groups excluding carboxylic acids is 3. The van der Waals surface area contributed by atoms with Crippen molar-refractivity contribution in [1.29, 1.82) is 0 Å². The molecule has 3 atom stereocenters. The van der Waals surface area contributed by atoms with Crippen LogP contribution in [0.5, 0.6) is 0 Å². The Bertz CT molecular complexity index is 551. The molecule has 0 aliphatic heterocycles. The molecule has 3 N–H and O–H groups in total. The van der Waals surface area contributed by atoms with Gasteiger partial charge in [0.1, 0.15) is 5.60 Å². The normalized spacial score (nSPS) is 26.9. The van der Waals surface area contributed by atoms with E-state index in [9.17, 15) is 19.2 Å². The zero-order valence-corrected chi connectivity index (χ0v) is 14.3. The first kappa shape index (κ1) is 19.9. The van der Waals surface area contributed by atoms with E-state index in [0.717, 1.165) is 0 Å². The van der Waals surface area contributed by atoms with Crippen LogP contribution in [0.4, 0.5) is 0 Å². The van der Waals surface area contributed by atoms with Gasteiger partial charge in [0.05, 0.1) is 0 Å². The molecule has 0 bridgehead atoms. The third-order valence-corrected chi connectivity index (χ3v) is 4.11.